The molecule has 0 aliphatic heterocycles. The fraction of sp³-hybridized carbons (Fsp3) is 0.333. The summed E-state index contributed by atoms with van der Waals surface area (Å²) in [5, 5.41) is 13.5. The Bertz CT molecular complexity index is 471. The van der Waals surface area contributed by atoms with Gasteiger partial charge in [0.15, 0.2) is 0 Å². The Morgan fingerprint density at radius 2 is 1.39 bits per heavy atom. The van der Waals surface area contributed by atoms with Gasteiger partial charge < -0.3 is 0 Å². The molecular weight excluding hydrogens is 228 g/mol. The van der Waals surface area contributed by atoms with E-state index in [0.717, 1.165) is 22.8 Å². The highest BCUT2D eigenvalue weighted by Crippen LogP contribution is 1.97. The highest BCUT2D eigenvalue weighted by molar-refractivity contribution is 5.97. The number of hydrogen-bond acceptors (Lipinski definition) is 4. The van der Waals surface area contributed by atoms with Gasteiger partial charge in [-0.15, -0.1) is 0 Å². The third kappa shape index (κ3) is 3.13. The maximum Gasteiger partial charge on any atom is 0.0785 e. The van der Waals surface area contributed by atoms with Gasteiger partial charge in [-0.1, -0.05) is 0 Å². The van der Waals surface area contributed by atoms with Crippen molar-refractivity contribution in [3.05, 3.63) is 35.9 Å². The van der Waals surface area contributed by atoms with E-state index in [4.69, 9.17) is 0 Å². The van der Waals surface area contributed by atoms with Gasteiger partial charge in [0.05, 0.1) is 35.9 Å². The molecule has 0 fully saturated rings. The Labute approximate surface area is 105 Å². The first-order chi connectivity index (χ1) is 8.77. The molecule has 2 rings (SSSR count). The van der Waals surface area contributed by atoms with E-state index in [9.17, 15) is 0 Å². The van der Waals surface area contributed by atoms with Crippen LogP contribution in [0.5, 0.6) is 0 Å². The summed E-state index contributed by atoms with van der Waals surface area (Å²) in [5.41, 5.74) is 3.79. The van der Waals surface area contributed by atoms with Crippen molar-refractivity contribution in [2.45, 2.75) is 13.8 Å². The van der Waals surface area contributed by atoms with E-state index in [1.165, 1.54) is 0 Å². The largest absolute Gasteiger partial charge is 0.286 e. The average Bonchev–Trinajstić information content (AvgIpc) is 3.05. The molecule has 0 spiro atoms. The maximum absolute atomic E-state index is 4.43. The monoisotopic (exact) mass is 244 g/mol. The molecule has 94 valence electrons. The van der Waals surface area contributed by atoms with Crippen LogP contribution in [0, 0.1) is 0 Å². The number of aromatic amines is 2. The average molecular weight is 244 g/mol. The molecule has 0 amide bonds. The molecule has 0 bridgehead atoms. The highest BCUT2D eigenvalue weighted by atomic mass is 15.1. The summed E-state index contributed by atoms with van der Waals surface area (Å²) in [6.07, 6.45) is 3.43. The zero-order chi connectivity index (χ0) is 12.8. The number of H-pyrrole nitrogens is 2. The van der Waals surface area contributed by atoms with E-state index in [1.54, 1.807) is 12.4 Å². The van der Waals surface area contributed by atoms with Crippen molar-refractivity contribution in [2.24, 2.45) is 9.98 Å². The maximum atomic E-state index is 4.43. The second-order valence-electron chi connectivity index (χ2n) is 3.87. The van der Waals surface area contributed by atoms with Crippen LogP contribution in [0.2, 0.25) is 0 Å². The molecule has 0 saturated carbocycles. The third-order valence-corrected chi connectivity index (χ3v) is 2.58. The highest BCUT2D eigenvalue weighted by Gasteiger charge is 1.98. The summed E-state index contributed by atoms with van der Waals surface area (Å²) in [5.74, 6) is 0. The molecule has 0 atom stereocenters. The van der Waals surface area contributed by atoms with Gasteiger partial charge in [0.1, 0.15) is 0 Å². The molecular formula is C12H16N6. The molecule has 0 aliphatic carbocycles. The lowest BCUT2D eigenvalue weighted by Gasteiger charge is -1.98. The van der Waals surface area contributed by atoms with Gasteiger partial charge in [-0.05, 0) is 26.0 Å². The first-order valence-corrected chi connectivity index (χ1v) is 5.79. The first kappa shape index (κ1) is 12.2. The summed E-state index contributed by atoms with van der Waals surface area (Å²) in [6, 6.07) is 3.80. The lowest BCUT2D eigenvalue weighted by molar-refractivity contribution is 0.965. The van der Waals surface area contributed by atoms with Gasteiger partial charge in [0.2, 0.25) is 0 Å². The van der Waals surface area contributed by atoms with Crippen LogP contribution in [0.3, 0.4) is 0 Å². The van der Waals surface area contributed by atoms with Crippen LogP contribution >= 0.6 is 0 Å². The molecule has 18 heavy (non-hydrogen) atoms. The van der Waals surface area contributed by atoms with Crippen LogP contribution in [0.25, 0.3) is 0 Å². The quantitative estimate of drug-likeness (QED) is 0.616. The zero-order valence-corrected chi connectivity index (χ0v) is 10.5. The lowest BCUT2D eigenvalue weighted by Crippen LogP contribution is -2.01. The standard InChI is InChI=1S/C12H16N6/c1-9(11-3-5-15-17-11)13-7-8-14-10(2)12-4-6-16-18-12/h3-6H,7-8H2,1-2H3,(H,15,17)(H,16,18). The number of hydrogen-bond donors (Lipinski definition) is 2. The van der Waals surface area contributed by atoms with Gasteiger partial charge in [0, 0.05) is 12.4 Å². The van der Waals surface area contributed by atoms with Crippen molar-refractivity contribution in [3.63, 3.8) is 0 Å². The van der Waals surface area contributed by atoms with Gasteiger partial charge in [-0.2, -0.15) is 10.2 Å². The predicted molar refractivity (Wildman–Crippen MR) is 71.3 cm³/mol. The Morgan fingerprint density at radius 1 is 0.944 bits per heavy atom. The zero-order valence-electron chi connectivity index (χ0n) is 10.5. The molecule has 0 saturated heterocycles. The fourth-order valence-corrected chi connectivity index (χ4v) is 1.52. The van der Waals surface area contributed by atoms with Crippen molar-refractivity contribution in [2.75, 3.05) is 13.1 Å². The Hall–Kier alpha value is -2.24. The SMILES string of the molecule is CC(=NCCN=C(C)c1ccn[nH]1)c1ccn[nH]1. The number of rotatable bonds is 5. The molecule has 0 aromatic carbocycles. The number of nitrogens with one attached hydrogen (secondary N) is 2. The molecule has 2 heterocycles. The molecule has 2 aromatic heterocycles. The van der Waals surface area contributed by atoms with Crippen molar-refractivity contribution in [1.82, 2.24) is 20.4 Å². The predicted octanol–water partition coefficient (Wildman–Crippen LogP) is 1.45. The van der Waals surface area contributed by atoms with Gasteiger partial charge >= 0.3 is 0 Å². The minimum Gasteiger partial charge on any atom is -0.286 e. The van der Waals surface area contributed by atoms with E-state index in [1.807, 2.05) is 26.0 Å². The van der Waals surface area contributed by atoms with Crippen LogP contribution in [0.1, 0.15) is 25.2 Å². The Morgan fingerprint density at radius 3 is 1.72 bits per heavy atom. The normalized spacial score (nSPS) is 13.0. The smallest absolute Gasteiger partial charge is 0.0785 e. The van der Waals surface area contributed by atoms with Crippen molar-refractivity contribution < 1.29 is 0 Å². The van der Waals surface area contributed by atoms with Crippen LogP contribution < -0.4 is 0 Å². The fourth-order valence-electron chi connectivity index (χ4n) is 1.52. The van der Waals surface area contributed by atoms with Crippen LogP contribution in [-0.4, -0.2) is 44.9 Å². The van der Waals surface area contributed by atoms with E-state index < -0.39 is 0 Å². The molecule has 6 nitrogen and oxygen atoms in total. The first-order valence-electron chi connectivity index (χ1n) is 5.79. The van der Waals surface area contributed by atoms with E-state index in [-0.39, 0.29) is 0 Å². The van der Waals surface area contributed by atoms with Crippen LogP contribution in [0.15, 0.2) is 34.5 Å². The lowest BCUT2D eigenvalue weighted by atomic mass is 10.3. The van der Waals surface area contributed by atoms with Crippen molar-refractivity contribution in [3.8, 4) is 0 Å². The Balaban J connectivity index is 1.86. The van der Waals surface area contributed by atoms with Crippen LogP contribution in [-0.2, 0) is 0 Å². The summed E-state index contributed by atoms with van der Waals surface area (Å²) >= 11 is 0. The van der Waals surface area contributed by atoms with E-state index in [0.29, 0.717) is 13.1 Å². The third-order valence-electron chi connectivity index (χ3n) is 2.58. The molecule has 6 heteroatoms. The minimum absolute atomic E-state index is 0.663. The number of aromatic nitrogens is 4. The topological polar surface area (TPSA) is 82.1 Å². The van der Waals surface area contributed by atoms with E-state index in [2.05, 4.69) is 30.4 Å². The minimum atomic E-state index is 0.663. The second kappa shape index (κ2) is 5.90. The number of nitrogens with zero attached hydrogens (tertiary/aromatic N) is 4. The van der Waals surface area contributed by atoms with Crippen molar-refractivity contribution in [1.29, 1.82) is 0 Å². The summed E-state index contributed by atoms with van der Waals surface area (Å²) in [6.45, 7) is 5.24. The van der Waals surface area contributed by atoms with Gasteiger partial charge in [0.25, 0.3) is 0 Å². The molecule has 0 unspecified atom stereocenters. The summed E-state index contributed by atoms with van der Waals surface area (Å²) < 4.78 is 0. The Kier molecular flexibility index (Phi) is 4.01. The van der Waals surface area contributed by atoms with E-state index >= 15 is 0 Å². The molecule has 2 aromatic rings. The van der Waals surface area contributed by atoms with Crippen molar-refractivity contribution >= 4 is 11.4 Å². The van der Waals surface area contributed by atoms with Crippen LogP contribution in [0.4, 0.5) is 0 Å². The second-order valence-corrected chi connectivity index (χ2v) is 3.87. The van der Waals surface area contributed by atoms with Gasteiger partial charge in [-0.3, -0.25) is 20.2 Å². The summed E-state index contributed by atoms with van der Waals surface area (Å²) in [4.78, 5) is 8.86. The number of aliphatic imine (C=N–C) groups is 2. The molecule has 0 radical (unpaired) electrons. The summed E-state index contributed by atoms with van der Waals surface area (Å²) in [7, 11) is 0. The molecule has 0 aliphatic rings. The molecule has 2 N–H and O–H groups in total. The van der Waals surface area contributed by atoms with Gasteiger partial charge in [-0.25, -0.2) is 0 Å².